The highest BCUT2D eigenvalue weighted by Gasteiger charge is 2.30. The molecule has 5 rings (SSSR count). The van der Waals surface area contributed by atoms with E-state index in [1.165, 1.54) is 6.07 Å². The summed E-state index contributed by atoms with van der Waals surface area (Å²) >= 11 is 0. The van der Waals surface area contributed by atoms with Crippen molar-refractivity contribution in [3.05, 3.63) is 94.5 Å². The third kappa shape index (κ3) is 6.61. The van der Waals surface area contributed by atoms with Crippen molar-refractivity contribution in [3.8, 4) is 0 Å². The lowest BCUT2D eigenvalue weighted by molar-refractivity contribution is -0.110. The van der Waals surface area contributed by atoms with E-state index in [1.807, 2.05) is 30.3 Å². The van der Waals surface area contributed by atoms with E-state index in [1.54, 1.807) is 37.3 Å². The Morgan fingerprint density at radius 3 is 2.33 bits per heavy atom. The topological polar surface area (TPSA) is 123 Å². The summed E-state index contributed by atoms with van der Waals surface area (Å²) in [6.07, 6.45) is 0. The number of amides is 2. The second-order valence-electron chi connectivity index (χ2n) is 11.2. The van der Waals surface area contributed by atoms with Gasteiger partial charge in [-0.25, -0.2) is 10.3 Å². The van der Waals surface area contributed by atoms with Crippen LogP contribution in [0.15, 0.2) is 66.7 Å². The van der Waals surface area contributed by atoms with Gasteiger partial charge in [-0.1, -0.05) is 30.3 Å². The van der Waals surface area contributed by atoms with Gasteiger partial charge in [0, 0.05) is 48.5 Å². The molecule has 0 aliphatic carbocycles. The monoisotopic (exact) mass is 583 g/mol. The van der Waals surface area contributed by atoms with E-state index in [9.17, 15) is 19.5 Å². The predicted octanol–water partition coefficient (Wildman–Crippen LogP) is 4.31. The molecule has 2 amide bonds. The number of piperazine rings is 1. The summed E-state index contributed by atoms with van der Waals surface area (Å²) in [6, 6.07) is 20.5. The molecule has 10 nitrogen and oxygen atoms in total. The van der Waals surface area contributed by atoms with Crippen molar-refractivity contribution >= 4 is 40.4 Å². The fraction of sp³-hybridized carbons (Fsp3) is 0.303. The highest BCUT2D eigenvalue weighted by atomic mass is 16.7. The number of fused-ring (bicyclic) bond motifs is 1. The SMILES string of the molecule is Cc1cc2c(cc1C(=O)O)NC(=O)C2=C(Nc1ccc(C(=O)NOCCN2C[C@@H](C)N(C)[C@@H](C)C2)cc1)c1ccccc1. The zero-order valence-electron chi connectivity index (χ0n) is 24.8. The number of carbonyl (C=O) groups is 3. The maximum atomic E-state index is 13.2. The Kier molecular flexibility index (Phi) is 8.91. The quantitative estimate of drug-likeness (QED) is 0.167. The normalized spacial score (nSPS) is 19.9. The first-order valence-corrected chi connectivity index (χ1v) is 14.3. The number of aryl methyl sites for hydroxylation is 1. The Labute approximate surface area is 251 Å². The molecule has 43 heavy (non-hydrogen) atoms. The second kappa shape index (κ2) is 12.8. The van der Waals surface area contributed by atoms with E-state index < -0.39 is 5.97 Å². The maximum absolute atomic E-state index is 13.2. The Bertz CT molecular complexity index is 1540. The van der Waals surface area contributed by atoms with Crippen LogP contribution in [0.1, 0.15) is 51.3 Å². The number of nitrogens with one attached hydrogen (secondary N) is 3. The molecule has 0 unspecified atom stereocenters. The number of hydrogen-bond acceptors (Lipinski definition) is 7. The van der Waals surface area contributed by atoms with E-state index in [-0.39, 0.29) is 17.4 Å². The minimum atomic E-state index is -1.05. The Balaban J connectivity index is 1.29. The molecule has 2 aliphatic heterocycles. The number of aromatic carboxylic acids is 1. The van der Waals surface area contributed by atoms with Gasteiger partial charge in [0.25, 0.3) is 11.8 Å². The first kappa shape index (κ1) is 30.0. The van der Waals surface area contributed by atoms with Crippen molar-refractivity contribution < 1.29 is 24.3 Å². The molecule has 2 heterocycles. The van der Waals surface area contributed by atoms with Crippen LogP contribution in [0.2, 0.25) is 0 Å². The molecule has 2 atom stereocenters. The molecule has 4 N–H and O–H groups in total. The number of anilines is 2. The van der Waals surface area contributed by atoms with Crippen LogP contribution in [-0.4, -0.2) is 78.1 Å². The number of benzene rings is 3. The van der Waals surface area contributed by atoms with Crippen molar-refractivity contribution in [1.82, 2.24) is 15.3 Å². The van der Waals surface area contributed by atoms with Gasteiger partial charge in [-0.05, 0) is 75.3 Å². The summed E-state index contributed by atoms with van der Waals surface area (Å²) in [5.41, 5.74) is 7.13. The van der Waals surface area contributed by atoms with Crippen LogP contribution in [0.25, 0.3) is 11.3 Å². The molecule has 3 aromatic carbocycles. The van der Waals surface area contributed by atoms with Crippen LogP contribution in [0.3, 0.4) is 0 Å². The van der Waals surface area contributed by atoms with Gasteiger partial charge in [-0.15, -0.1) is 0 Å². The van der Waals surface area contributed by atoms with Crippen LogP contribution in [0.4, 0.5) is 11.4 Å². The second-order valence-corrected chi connectivity index (χ2v) is 11.2. The van der Waals surface area contributed by atoms with Gasteiger partial charge in [-0.2, -0.15) is 0 Å². The number of hydrogen-bond donors (Lipinski definition) is 4. The average Bonchev–Trinajstić information content (AvgIpc) is 3.31. The first-order chi connectivity index (χ1) is 20.6. The van der Waals surface area contributed by atoms with Crippen LogP contribution >= 0.6 is 0 Å². The molecule has 0 spiro atoms. The molecular formula is C33H37N5O5. The number of rotatable bonds is 9. The number of carboxylic acid groups (broad SMARTS) is 1. The molecule has 224 valence electrons. The summed E-state index contributed by atoms with van der Waals surface area (Å²) in [7, 11) is 2.15. The number of carbonyl (C=O) groups excluding carboxylic acids is 2. The summed E-state index contributed by atoms with van der Waals surface area (Å²) in [5.74, 6) is -1.73. The summed E-state index contributed by atoms with van der Waals surface area (Å²) in [5, 5.41) is 15.7. The van der Waals surface area contributed by atoms with E-state index in [0.717, 1.165) is 25.2 Å². The van der Waals surface area contributed by atoms with E-state index >= 15 is 0 Å². The van der Waals surface area contributed by atoms with Gasteiger partial charge in [-0.3, -0.25) is 24.2 Å². The van der Waals surface area contributed by atoms with E-state index in [0.29, 0.717) is 58.0 Å². The Hall–Kier alpha value is -4.51. The largest absolute Gasteiger partial charge is 0.478 e. The molecule has 0 radical (unpaired) electrons. The lowest BCUT2D eigenvalue weighted by Crippen LogP contribution is -2.55. The van der Waals surface area contributed by atoms with Crippen LogP contribution in [0.5, 0.6) is 0 Å². The molecular weight excluding hydrogens is 546 g/mol. The standard InChI is InChI=1S/C33H37N5O5/c1-20-16-27-28(17-26(20)33(41)42)35-32(40)29(27)30(23-8-6-5-7-9-23)34-25-12-10-24(11-13-25)31(39)36-43-15-14-38-18-21(2)37(4)22(3)19-38/h5-13,16-17,21-22,34H,14-15,18-19H2,1-4H3,(H,35,40)(H,36,39)(H,41,42)/t21-,22+. The van der Waals surface area contributed by atoms with Gasteiger partial charge in [0.1, 0.15) is 0 Å². The molecule has 0 saturated carbocycles. The highest BCUT2D eigenvalue weighted by Crippen LogP contribution is 2.39. The first-order valence-electron chi connectivity index (χ1n) is 14.3. The van der Waals surface area contributed by atoms with Crippen LogP contribution in [-0.2, 0) is 9.63 Å². The zero-order chi connectivity index (χ0) is 30.7. The van der Waals surface area contributed by atoms with Gasteiger partial charge in [0.15, 0.2) is 0 Å². The maximum Gasteiger partial charge on any atom is 0.336 e. The number of likely N-dealkylation sites (N-methyl/N-ethyl adjacent to an activating group) is 1. The fourth-order valence-electron chi connectivity index (χ4n) is 5.58. The lowest BCUT2D eigenvalue weighted by Gasteiger charge is -2.42. The number of carboxylic acids is 1. The van der Waals surface area contributed by atoms with Gasteiger partial charge >= 0.3 is 5.97 Å². The number of nitrogens with zero attached hydrogens (tertiary/aromatic N) is 2. The van der Waals surface area contributed by atoms with Crippen molar-refractivity contribution in [2.24, 2.45) is 0 Å². The summed E-state index contributed by atoms with van der Waals surface area (Å²) in [6.45, 7) is 9.18. The molecule has 0 bridgehead atoms. The molecule has 0 aromatic heterocycles. The molecule has 1 fully saturated rings. The smallest absolute Gasteiger partial charge is 0.336 e. The Morgan fingerprint density at radius 2 is 1.67 bits per heavy atom. The molecule has 2 aliphatic rings. The highest BCUT2D eigenvalue weighted by molar-refractivity contribution is 6.37. The fourth-order valence-corrected chi connectivity index (χ4v) is 5.58. The zero-order valence-corrected chi connectivity index (χ0v) is 24.8. The summed E-state index contributed by atoms with van der Waals surface area (Å²) in [4.78, 5) is 47.8. The third-order valence-corrected chi connectivity index (χ3v) is 8.18. The lowest BCUT2D eigenvalue weighted by atomic mass is 9.96. The van der Waals surface area contributed by atoms with Crippen molar-refractivity contribution in [2.45, 2.75) is 32.9 Å². The number of hydroxylamine groups is 1. The van der Waals surface area contributed by atoms with Crippen molar-refractivity contribution in [3.63, 3.8) is 0 Å². The van der Waals surface area contributed by atoms with Gasteiger partial charge < -0.3 is 15.7 Å². The van der Waals surface area contributed by atoms with Crippen molar-refractivity contribution in [1.29, 1.82) is 0 Å². The van der Waals surface area contributed by atoms with Crippen LogP contribution in [0, 0.1) is 6.92 Å². The van der Waals surface area contributed by atoms with E-state index in [4.69, 9.17) is 4.84 Å². The van der Waals surface area contributed by atoms with Crippen LogP contribution < -0.4 is 16.1 Å². The third-order valence-electron chi connectivity index (χ3n) is 8.18. The summed E-state index contributed by atoms with van der Waals surface area (Å²) < 4.78 is 0. The van der Waals surface area contributed by atoms with Gasteiger partial charge in [0.05, 0.1) is 29.1 Å². The Morgan fingerprint density at radius 1 is 1.00 bits per heavy atom. The minimum Gasteiger partial charge on any atom is -0.478 e. The van der Waals surface area contributed by atoms with Crippen molar-refractivity contribution in [2.75, 3.05) is 43.9 Å². The molecule has 3 aromatic rings. The average molecular weight is 584 g/mol. The predicted molar refractivity (Wildman–Crippen MR) is 167 cm³/mol. The minimum absolute atomic E-state index is 0.135. The van der Waals surface area contributed by atoms with Gasteiger partial charge in [0.2, 0.25) is 0 Å². The molecule has 10 heteroatoms. The van der Waals surface area contributed by atoms with E-state index in [2.05, 4.69) is 46.8 Å². The molecule has 1 saturated heterocycles.